The lowest BCUT2D eigenvalue weighted by Crippen LogP contribution is -2.37. The number of anilines is 2. The highest BCUT2D eigenvalue weighted by molar-refractivity contribution is 7.89. The molecule has 0 unspecified atom stereocenters. The number of hydrogen-bond donors (Lipinski definition) is 1. The molecule has 0 aliphatic carbocycles. The molecule has 7 heteroatoms. The normalized spacial score (nSPS) is 18.4. The highest BCUT2D eigenvalue weighted by Gasteiger charge is 2.27. The number of nitrogens with zero attached hydrogens (tertiary/aromatic N) is 2. The zero-order chi connectivity index (χ0) is 21.0. The fraction of sp³-hybridized carbons (Fsp3) is 0.478. The summed E-state index contributed by atoms with van der Waals surface area (Å²) >= 11 is 0. The van der Waals surface area contributed by atoms with Crippen LogP contribution in [0.4, 0.5) is 11.4 Å². The Labute approximate surface area is 179 Å². The lowest BCUT2D eigenvalue weighted by molar-refractivity contribution is 0.123. The molecule has 1 N–H and O–H groups in total. The molecule has 0 spiro atoms. The van der Waals surface area contributed by atoms with Crippen molar-refractivity contribution in [3.8, 4) is 0 Å². The van der Waals surface area contributed by atoms with E-state index in [4.69, 9.17) is 4.74 Å². The van der Waals surface area contributed by atoms with Gasteiger partial charge in [0.2, 0.25) is 10.0 Å². The van der Waals surface area contributed by atoms with Crippen LogP contribution >= 0.6 is 0 Å². The minimum absolute atomic E-state index is 0.369. The molecular formula is C23H31N3O3S. The van der Waals surface area contributed by atoms with Crippen LogP contribution in [0.3, 0.4) is 0 Å². The highest BCUT2D eigenvalue weighted by atomic mass is 32.2. The molecule has 0 bridgehead atoms. The SMILES string of the molecule is Cc1cccc(CNc2cc(S(=O)(=O)N3CCCCC3)ccc2N2CCOCC2)c1. The molecule has 0 aromatic heterocycles. The average Bonchev–Trinajstić information content (AvgIpc) is 2.79. The van der Waals surface area contributed by atoms with E-state index < -0.39 is 10.0 Å². The van der Waals surface area contributed by atoms with E-state index >= 15 is 0 Å². The summed E-state index contributed by atoms with van der Waals surface area (Å²) in [4.78, 5) is 2.63. The zero-order valence-corrected chi connectivity index (χ0v) is 18.5. The van der Waals surface area contributed by atoms with Crippen LogP contribution < -0.4 is 10.2 Å². The van der Waals surface area contributed by atoms with Crippen LogP contribution in [0.25, 0.3) is 0 Å². The molecule has 2 aliphatic heterocycles. The van der Waals surface area contributed by atoms with Gasteiger partial charge in [0.05, 0.1) is 29.5 Å². The molecule has 0 radical (unpaired) electrons. The minimum atomic E-state index is -3.47. The fourth-order valence-electron chi connectivity index (χ4n) is 4.17. The topological polar surface area (TPSA) is 61.9 Å². The summed E-state index contributed by atoms with van der Waals surface area (Å²) in [5.41, 5.74) is 4.27. The molecule has 4 rings (SSSR count). The predicted molar refractivity (Wildman–Crippen MR) is 121 cm³/mol. The molecule has 2 aromatic carbocycles. The van der Waals surface area contributed by atoms with Gasteiger partial charge in [0.25, 0.3) is 0 Å². The third kappa shape index (κ3) is 4.79. The monoisotopic (exact) mass is 429 g/mol. The third-order valence-electron chi connectivity index (χ3n) is 5.84. The van der Waals surface area contributed by atoms with E-state index in [1.54, 1.807) is 10.4 Å². The number of rotatable bonds is 6. The van der Waals surface area contributed by atoms with Gasteiger partial charge < -0.3 is 15.0 Å². The summed E-state index contributed by atoms with van der Waals surface area (Å²) in [6.07, 6.45) is 2.97. The van der Waals surface area contributed by atoms with E-state index in [2.05, 4.69) is 35.3 Å². The number of ether oxygens (including phenoxy) is 1. The van der Waals surface area contributed by atoms with Gasteiger partial charge in [-0.05, 0) is 43.5 Å². The van der Waals surface area contributed by atoms with E-state index in [-0.39, 0.29) is 0 Å². The first-order valence-corrected chi connectivity index (χ1v) is 12.2. The largest absolute Gasteiger partial charge is 0.379 e. The average molecular weight is 430 g/mol. The molecule has 2 saturated heterocycles. The second-order valence-electron chi connectivity index (χ2n) is 8.09. The van der Waals surface area contributed by atoms with Gasteiger partial charge in [-0.15, -0.1) is 0 Å². The van der Waals surface area contributed by atoms with Gasteiger partial charge in [0.1, 0.15) is 0 Å². The summed E-state index contributed by atoms with van der Waals surface area (Å²) in [6.45, 7) is 6.92. The molecule has 0 saturated carbocycles. The van der Waals surface area contributed by atoms with Crippen LogP contribution in [0.15, 0.2) is 47.4 Å². The fourth-order valence-corrected chi connectivity index (χ4v) is 5.71. The Morgan fingerprint density at radius 1 is 0.967 bits per heavy atom. The molecule has 6 nitrogen and oxygen atoms in total. The molecule has 0 amide bonds. The Morgan fingerprint density at radius 3 is 2.47 bits per heavy atom. The van der Waals surface area contributed by atoms with Crippen molar-refractivity contribution in [1.29, 1.82) is 0 Å². The Bertz CT molecular complexity index is 965. The van der Waals surface area contributed by atoms with Crippen LogP contribution in [0.2, 0.25) is 0 Å². The van der Waals surface area contributed by atoms with Gasteiger partial charge in [-0.25, -0.2) is 8.42 Å². The Hall–Kier alpha value is -2.09. The van der Waals surface area contributed by atoms with Crippen molar-refractivity contribution in [1.82, 2.24) is 4.31 Å². The Kier molecular flexibility index (Phi) is 6.61. The second-order valence-corrected chi connectivity index (χ2v) is 10.0. The van der Waals surface area contributed by atoms with Crippen molar-refractivity contribution in [3.63, 3.8) is 0 Å². The summed E-state index contributed by atoms with van der Waals surface area (Å²) in [5, 5.41) is 3.50. The number of aryl methyl sites for hydroxylation is 1. The maximum absolute atomic E-state index is 13.2. The zero-order valence-electron chi connectivity index (χ0n) is 17.6. The van der Waals surface area contributed by atoms with Crippen molar-refractivity contribution in [2.45, 2.75) is 37.6 Å². The summed E-state index contributed by atoms with van der Waals surface area (Å²) in [5.74, 6) is 0. The summed E-state index contributed by atoms with van der Waals surface area (Å²) < 4.78 is 33.5. The summed E-state index contributed by atoms with van der Waals surface area (Å²) in [7, 11) is -3.47. The lowest BCUT2D eigenvalue weighted by atomic mass is 10.1. The minimum Gasteiger partial charge on any atom is -0.379 e. The smallest absolute Gasteiger partial charge is 0.243 e. The van der Waals surface area contributed by atoms with Crippen molar-refractivity contribution >= 4 is 21.4 Å². The molecular weight excluding hydrogens is 398 g/mol. The first-order chi connectivity index (χ1) is 14.5. The molecule has 2 aliphatic rings. The molecule has 2 fully saturated rings. The van der Waals surface area contributed by atoms with Crippen molar-refractivity contribution in [2.75, 3.05) is 49.6 Å². The maximum Gasteiger partial charge on any atom is 0.243 e. The predicted octanol–water partition coefficient (Wildman–Crippen LogP) is 3.62. The third-order valence-corrected chi connectivity index (χ3v) is 7.73. The number of piperidine rings is 1. The number of nitrogens with one attached hydrogen (secondary N) is 1. The van der Waals surface area contributed by atoms with Gasteiger partial charge >= 0.3 is 0 Å². The highest BCUT2D eigenvalue weighted by Crippen LogP contribution is 2.32. The van der Waals surface area contributed by atoms with Gasteiger partial charge in [-0.3, -0.25) is 0 Å². The molecule has 162 valence electrons. The van der Waals surface area contributed by atoms with Crippen LogP contribution in [-0.4, -0.2) is 52.1 Å². The van der Waals surface area contributed by atoms with E-state index in [9.17, 15) is 8.42 Å². The van der Waals surface area contributed by atoms with Crippen LogP contribution in [0.5, 0.6) is 0 Å². The number of benzene rings is 2. The molecule has 2 heterocycles. The number of hydrogen-bond acceptors (Lipinski definition) is 5. The van der Waals surface area contributed by atoms with E-state index in [0.29, 0.717) is 37.7 Å². The maximum atomic E-state index is 13.2. The molecule has 30 heavy (non-hydrogen) atoms. The van der Waals surface area contributed by atoms with E-state index in [1.165, 1.54) is 11.1 Å². The molecule has 0 atom stereocenters. The van der Waals surface area contributed by atoms with Gasteiger partial charge in [0.15, 0.2) is 0 Å². The number of morpholine rings is 1. The second kappa shape index (κ2) is 9.37. The Balaban J connectivity index is 1.63. The van der Waals surface area contributed by atoms with Gasteiger partial charge in [0, 0.05) is 32.7 Å². The van der Waals surface area contributed by atoms with Crippen molar-refractivity contribution in [2.24, 2.45) is 0 Å². The van der Waals surface area contributed by atoms with E-state index in [0.717, 1.165) is 43.7 Å². The van der Waals surface area contributed by atoms with Crippen molar-refractivity contribution in [3.05, 3.63) is 53.6 Å². The van der Waals surface area contributed by atoms with E-state index in [1.807, 2.05) is 18.2 Å². The first-order valence-electron chi connectivity index (χ1n) is 10.8. The van der Waals surface area contributed by atoms with Crippen molar-refractivity contribution < 1.29 is 13.2 Å². The standard InChI is InChI=1S/C23H31N3O3S/c1-19-6-5-7-20(16-19)18-24-22-17-21(30(27,28)26-10-3-2-4-11-26)8-9-23(22)25-12-14-29-15-13-25/h5-9,16-17,24H,2-4,10-15,18H2,1H3. The number of sulfonamides is 1. The van der Waals surface area contributed by atoms with Crippen LogP contribution in [-0.2, 0) is 21.3 Å². The lowest BCUT2D eigenvalue weighted by Gasteiger charge is -2.31. The quantitative estimate of drug-likeness (QED) is 0.760. The Morgan fingerprint density at radius 2 is 1.73 bits per heavy atom. The van der Waals surface area contributed by atoms with Crippen LogP contribution in [0.1, 0.15) is 30.4 Å². The van der Waals surface area contributed by atoms with Gasteiger partial charge in [-0.2, -0.15) is 4.31 Å². The van der Waals surface area contributed by atoms with Crippen LogP contribution in [0, 0.1) is 6.92 Å². The first kappa shape index (κ1) is 21.2. The molecule has 2 aromatic rings. The summed E-state index contributed by atoms with van der Waals surface area (Å²) in [6, 6.07) is 13.9. The van der Waals surface area contributed by atoms with Gasteiger partial charge in [-0.1, -0.05) is 36.2 Å².